The van der Waals surface area contributed by atoms with Crippen molar-refractivity contribution in [1.82, 2.24) is 4.31 Å². The zero-order valence-electron chi connectivity index (χ0n) is 6.01. The number of aliphatic hydroxyl groups excluding tert-OH is 2. The van der Waals surface area contributed by atoms with E-state index in [-0.39, 0.29) is 6.54 Å². The number of hydrogen-bond acceptors (Lipinski definition) is 4. The third kappa shape index (κ3) is 4.27. The molecule has 0 fully saturated rings. The summed E-state index contributed by atoms with van der Waals surface area (Å²) >= 11 is 0. The van der Waals surface area contributed by atoms with Gasteiger partial charge in [0.05, 0.1) is 12.7 Å². The lowest BCUT2D eigenvalue weighted by molar-refractivity contribution is 0.0810. The number of likely N-dealkylation sites (N-methyl/N-ethyl adjacent to an activating group) is 1. The molecule has 3 N–H and O–H groups in total. The first-order chi connectivity index (χ1) is 4.88. The zero-order chi connectivity index (χ0) is 9.07. The van der Waals surface area contributed by atoms with Gasteiger partial charge in [-0.15, -0.1) is 0 Å². The van der Waals surface area contributed by atoms with Crippen LogP contribution in [0, 0.1) is 0 Å². The van der Waals surface area contributed by atoms with Crippen molar-refractivity contribution >= 4 is 10.3 Å². The van der Waals surface area contributed by atoms with Crippen molar-refractivity contribution in [3.05, 3.63) is 0 Å². The van der Waals surface area contributed by atoms with Crippen LogP contribution < -0.4 is 0 Å². The molecule has 0 radical (unpaired) electrons. The number of hydrogen-bond donors (Lipinski definition) is 3. The van der Waals surface area contributed by atoms with E-state index in [9.17, 15) is 8.42 Å². The predicted molar refractivity (Wildman–Crippen MR) is 37.3 cm³/mol. The lowest BCUT2D eigenvalue weighted by Gasteiger charge is -2.14. The Morgan fingerprint density at radius 3 is 2.27 bits per heavy atom. The van der Waals surface area contributed by atoms with E-state index >= 15 is 0 Å². The minimum atomic E-state index is -4.25. The molecule has 1 unspecified atom stereocenters. The summed E-state index contributed by atoms with van der Waals surface area (Å²) in [6.45, 7) is -0.866. The monoisotopic (exact) mass is 185 g/mol. The molecule has 0 saturated carbocycles. The van der Waals surface area contributed by atoms with Crippen molar-refractivity contribution in [3.8, 4) is 0 Å². The molecular weight excluding hydrogens is 174 g/mol. The molecule has 0 spiro atoms. The number of aliphatic hydroxyl groups is 2. The fourth-order valence-electron chi connectivity index (χ4n) is 0.449. The molecule has 7 heteroatoms. The van der Waals surface area contributed by atoms with Gasteiger partial charge >= 0.3 is 10.3 Å². The molecule has 1 atom stereocenters. The smallest absolute Gasteiger partial charge is 0.335 e. The summed E-state index contributed by atoms with van der Waals surface area (Å²) in [4.78, 5) is 0. The first kappa shape index (κ1) is 10.8. The quantitative estimate of drug-likeness (QED) is 0.443. The molecule has 0 rings (SSSR count). The van der Waals surface area contributed by atoms with Gasteiger partial charge in [-0.1, -0.05) is 0 Å². The van der Waals surface area contributed by atoms with Gasteiger partial charge < -0.3 is 10.2 Å². The third-order valence-corrected chi connectivity index (χ3v) is 2.01. The van der Waals surface area contributed by atoms with Crippen LogP contribution in [0.3, 0.4) is 0 Å². The topological polar surface area (TPSA) is 98.1 Å². The van der Waals surface area contributed by atoms with Crippen LogP contribution in [0.4, 0.5) is 0 Å². The Morgan fingerprint density at radius 2 is 2.00 bits per heavy atom. The van der Waals surface area contributed by atoms with Gasteiger partial charge in [-0.25, -0.2) is 0 Å². The summed E-state index contributed by atoms with van der Waals surface area (Å²) in [6.07, 6.45) is -1.16. The van der Waals surface area contributed by atoms with E-state index in [4.69, 9.17) is 14.8 Å². The summed E-state index contributed by atoms with van der Waals surface area (Å²) in [5.74, 6) is 0. The number of nitrogens with zero attached hydrogens (tertiary/aromatic N) is 1. The molecule has 0 amide bonds. The summed E-state index contributed by atoms with van der Waals surface area (Å²) in [6, 6.07) is 0. The van der Waals surface area contributed by atoms with Crippen LogP contribution in [-0.2, 0) is 10.3 Å². The van der Waals surface area contributed by atoms with Crippen LogP contribution in [0.1, 0.15) is 0 Å². The van der Waals surface area contributed by atoms with E-state index in [1.807, 2.05) is 0 Å². The Morgan fingerprint density at radius 1 is 1.55 bits per heavy atom. The van der Waals surface area contributed by atoms with Crippen LogP contribution in [0.2, 0.25) is 0 Å². The molecule has 68 valence electrons. The first-order valence-corrected chi connectivity index (χ1v) is 4.25. The summed E-state index contributed by atoms with van der Waals surface area (Å²) in [5.41, 5.74) is 0. The largest absolute Gasteiger partial charge is 0.394 e. The van der Waals surface area contributed by atoms with Gasteiger partial charge in [-0.2, -0.15) is 12.7 Å². The average molecular weight is 185 g/mol. The maximum Gasteiger partial charge on any atom is 0.335 e. The molecule has 0 saturated heterocycles. The fourth-order valence-corrected chi connectivity index (χ4v) is 0.809. The molecule has 11 heavy (non-hydrogen) atoms. The van der Waals surface area contributed by atoms with E-state index < -0.39 is 23.0 Å². The highest BCUT2D eigenvalue weighted by Gasteiger charge is 2.16. The van der Waals surface area contributed by atoms with Crippen molar-refractivity contribution in [1.29, 1.82) is 0 Å². The highest BCUT2D eigenvalue weighted by Crippen LogP contribution is 1.94. The van der Waals surface area contributed by atoms with Crippen molar-refractivity contribution in [3.63, 3.8) is 0 Å². The first-order valence-electron chi connectivity index (χ1n) is 2.85. The summed E-state index contributed by atoms with van der Waals surface area (Å²) in [7, 11) is -3.15. The van der Waals surface area contributed by atoms with Crippen molar-refractivity contribution in [2.24, 2.45) is 0 Å². The Balaban J connectivity index is 3.98. The van der Waals surface area contributed by atoms with Crippen LogP contribution in [-0.4, -0.2) is 53.8 Å². The number of rotatable bonds is 4. The van der Waals surface area contributed by atoms with Gasteiger partial charge in [0.2, 0.25) is 0 Å². The van der Waals surface area contributed by atoms with E-state index in [1.54, 1.807) is 0 Å². The minimum absolute atomic E-state index is 0.324. The van der Waals surface area contributed by atoms with Crippen LogP contribution >= 0.6 is 0 Å². The van der Waals surface area contributed by atoms with Gasteiger partial charge in [0, 0.05) is 13.6 Å². The minimum Gasteiger partial charge on any atom is -0.394 e. The maximum atomic E-state index is 10.3. The van der Waals surface area contributed by atoms with Gasteiger partial charge in [-0.05, 0) is 0 Å². The molecule has 6 nitrogen and oxygen atoms in total. The Bertz CT molecular complexity index is 201. The lowest BCUT2D eigenvalue weighted by atomic mass is 10.4. The highest BCUT2D eigenvalue weighted by molar-refractivity contribution is 7.83. The second kappa shape index (κ2) is 3.98. The van der Waals surface area contributed by atoms with Gasteiger partial charge in [-0.3, -0.25) is 4.55 Å². The Kier molecular flexibility index (Phi) is 3.90. The molecule has 0 aliphatic carbocycles. The van der Waals surface area contributed by atoms with Crippen molar-refractivity contribution < 1.29 is 23.2 Å². The molecule has 0 aromatic rings. The molecule has 0 aliphatic rings. The summed E-state index contributed by atoms with van der Waals surface area (Å²) < 4.78 is 29.4. The van der Waals surface area contributed by atoms with Crippen molar-refractivity contribution in [2.45, 2.75) is 6.10 Å². The van der Waals surface area contributed by atoms with Crippen LogP contribution in [0.5, 0.6) is 0 Å². The normalized spacial score (nSPS) is 15.4. The second-order valence-corrected chi connectivity index (χ2v) is 3.61. The van der Waals surface area contributed by atoms with E-state index in [1.165, 1.54) is 0 Å². The fraction of sp³-hybridized carbons (Fsp3) is 1.00. The second-order valence-electron chi connectivity index (χ2n) is 2.09. The van der Waals surface area contributed by atoms with E-state index in [2.05, 4.69) is 0 Å². The highest BCUT2D eigenvalue weighted by atomic mass is 32.2. The average Bonchev–Trinajstić information content (AvgIpc) is 1.85. The molecule has 0 heterocycles. The van der Waals surface area contributed by atoms with E-state index in [0.717, 1.165) is 7.05 Å². The lowest BCUT2D eigenvalue weighted by Crippen LogP contribution is -2.35. The molecule has 0 aromatic carbocycles. The van der Waals surface area contributed by atoms with Crippen molar-refractivity contribution in [2.75, 3.05) is 20.2 Å². The SMILES string of the molecule is CN(CC(O)CO)S(=O)(=O)O. The Labute approximate surface area is 64.9 Å². The summed E-state index contributed by atoms with van der Waals surface area (Å²) in [5, 5.41) is 17.0. The van der Waals surface area contributed by atoms with E-state index in [0.29, 0.717) is 4.31 Å². The van der Waals surface area contributed by atoms with Gasteiger partial charge in [0.1, 0.15) is 0 Å². The standard InChI is InChI=1S/C4H11NO5S/c1-5(11(8,9)10)2-4(7)3-6/h4,6-7H,2-3H2,1H3,(H,8,9,10). The van der Waals surface area contributed by atoms with Crippen LogP contribution in [0.25, 0.3) is 0 Å². The van der Waals surface area contributed by atoms with Gasteiger partial charge in [0.25, 0.3) is 0 Å². The van der Waals surface area contributed by atoms with Gasteiger partial charge in [0.15, 0.2) is 0 Å². The predicted octanol–water partition coefficient (Wildman–Crippen LogP) is -1.93. The third-order valence-electron chi connectivity index (χ3n) is 1.07. The van der Waals surface area contributed by atoms with Crippen LogP contribution in [0.15, 0.2) is 0 Å². The Hall–Kier alpha value is -0.210. The molecule has 0 aliphatic heterocycles. The molecular formula is C4H11NO5S. The molecule has 0 bridgehead atoms. The zero-order valence-corrected chi connectivity index (χ0v) is 6.82. The molecule has 0 aromatic heterocycles. The maximum absolute atomic E-state index is 10.3.